The molecule has 2 saturated carbocycles. The van der Waals surface area contributed by atoms with Crippen molar-refractivity contribution in [2.24, 2.45) is 5.41 Å². The Balaban J connectivity index is 1.86. The summed E-state index contributed by atoms with van der Waals surface area (Å²) in [5.41, 5.74) is 2.33. The number of methoxy groups -OCH3 is 1. The molecule has 2 aliphatic rings. The molecule has 3 rings (SSSR count). The van der Waals surface area contributed by atoms with E-state index >= 15 is 0 Å². The van der Waals surface area contributed by atoms with E-state index in [4.69, 9.17) is 4.74 Å². The van der Waals surface area contributed by atoms with E-state index in [9.17, 15) is 0 Å². The summed E-state index contributed by atoms with van der Waals surface area (Å²) in [5.74, 6) is 1.07. The molecule has 21 heavy (non-hydrogen) atoms. The minimum absolute atomic E-state index is 0.279. The van der Waals surface area contributed by atoms with E-state index in [2.05, 4.69) is 43.4 Å². The number of ether oxygens (including phenoxy) is 1. The lowest BCUT2D eigenvalue weighted by Crippen LogP contribution is -2.54. The standard InChI is InChI=1S/C19H29NO/c1-15(2)20-14-19(12-18(13-19)10-6-7-11-18)16-8-4-5-9-17(16)21-3/h4-5,8-9,15,20H,6-7,10-14H2,1-3H3. The summed E-state index contributed by atoms with van der Waals surface area (Å²) >= 11 is 0. The molecule has 0 unspecified atom stereocenters. The first-order valence-electron chi connectivity index (χ1n) is 8.46. The van der Waals surface area contributed by atoms with Crippen LogP contribution < -0.4 is 10.1 Å². The molecule has 0 bridgehead atoms. The van der Waals surface area contributed by atoms with Crippen LogP contribution in [0.3, 0.4) is 0 Å². The molecule has 1 aromatic rings. The highest BCUT2D eigenvalue weighted by molar-refractivity contribution is 5.43. The van der Waals surface area contributed by atoms with Crippen molar-refractivity contribution in [3.8, 4) is 5.75 Å². The normalized spacial score (nSPS) is 22.5. The van der Waals surface area contributed by atoms with Gasteiger partial charge < -0.3 is 10.1 Å². The van der Waals surface area contributed by atoms with Gasteiger partial charge in [-0.05, 0) is 37.2 Å². The second-order valence-electron chi connectivity index (χ2n) is 7.58. The fourth-order valence-corrected chi connectivity index (χ4v) is 4.76. The summed E-state index contributed by atoms with van der Waals surface area (Å²) < 4.78 is 5.66. The van der Waals surface area contributed by atoms with Crippen molar-refractivity contribution in [1.82, 2.24) is 5.32 Å². The third-order valence-electron chi connectivity index (χ3n) is 5.62. The smallest absolute Gasteiger partial charge is 0.122 e. The molecule has 0 aliphatic heterocycles. The van der Waals surface area contributed by atoms with Gasteiger partial charge >= 0.3 is 0 Å². The number of hydrogen-bond acceptors (Lipinski definition) is 2. The van der Waals surface area contributed by atoms with Gasteiger partial charge in [0.15, 0.2) is 0 Å². The van der Waals surface area contributed by atoms with E-state index in [1.807, 2.05) is 0 Å². The van der Waals surface area contributed by atoms with Crippen molar-refractivity contribution in [3.63, 3.8) is 0 Å². The molecule has 116 valence electrons. The third-order valence-corrected chi connectivity index (χ3v) is 5.62. The van der Waals surface area contributed by atoms with E-state index in [-0.39, 0.29) is 5.41 Å². The van der Waals surface area contributed by atoms with Gasteiger partial charge in [0.05, 0.1) is 7.11 Å². The first kappa shape index (κ1) is 14.9. The maximum atomic E-state index is 5.66. The van der Waals surface area contributed by atoms with Gasteiger partial charge in [-0.2, -0.15) is 0 Å². The van der Waals surface area contributed by atoms with Crippen LogP contribution in [0.1, 0.15) is 57.9 Å². The van der Waals surface area contributed by atoms with Crippen molar-refractivity contribution in [3.05, 3.63) is 29.8 Å². The Morgan fingerprint density at radius 1 is 1.14 bits per heavy atom. The lowest BCUT2D eigenvalue weighted by Gasteiger charge is -2.56. The van der Waals surface area contributed by atoms with Crippen LogP contribution in [0.15, 0.2) is 24.3 Å². The highest BCUT2D eigenvalue weighted by Gasteiger charge is 2.56. The van der Waals surface area contributed by atoms with Crippen LogP contribution in [0.25, 0.3) is 0 Å². The molecule has 0 atom stereocenters. The molecule has 0 heterocycles. The van der Waals surface area contributed by atoms with Gasteiger partial charge in [-0.25, -0.2) is 0 Å². The van der Waals surface area contributed by atoms with Gasteiger partial charge in [0.2, 0.25) is 0 Å². The van der Waals surface area contributed by atoms with Gasteiger partial charge in [0.1, 0.15) is 5.75 Å². The summed E-state index contributed by atoms with van der Waals surface area (Å²) in [7, 11) is 1.80. The Kier molecular flexibility index (Phi) is 4.00. The average molecular weight is 287 g/mol. The van der Waals surface area contributed by atoms with E-state index in [1.54, 1.807) is 7.11 Å². The fourth-order valence-electron chi connectivity index (χ4n) is 4.76. The van der Waals surface area contributed by atoms with Gasteiger partial charge in [-0.15, -0.1) is 0 Å². The molecule has 2 aliphatic carbocycles. The van der Waals surface area contributed by atoms with Crippen LogP contribution >= 0.6 is 0 Å². The summed E-state index contributed by atoms with van der Waals surface area (Å²) in [6.07, 6.45) is 8.40. The molecule has 1 spiro atoms. The molecule has 2 fully saturated rings. The zero-order valence-electron chi connectivity index (χ0n) is 13.7. The third kappa shape index (κ3) is 2.70. The van der Waals surface area contributed by atoms with Crippen LogP contribution in [-0.2, 0) is 5.41 Å². The first-order valence-corrected chi connectivity index (χ1v) is 8.46. The van der Waals surface area contributed by atoms with E-state index < -0.39 is 0 Å². The molecule has 0 amide bonds. The first-order chi connectivity index (χ1) is 10.1. The lowest BCUT2D eigenvalue weighted by atomic mass is 9.49. The second kappa shape index (κ2) is 5.64. The maximum Gasteiger partial charge on any atom is 0.122 e. The Morgan fingerprint density at radius 3 is 2.43 bits per heavy atom. The van der Waals surface area contributed by atoms with Gasteiger partial charge in [0.25, 0.3) is 0 Å². The molecule has 2 nitrogen and oxygen atoms in total. The van der Waals surface area contributed by atoms with E-state index in [0.717, 1.165) is 12.3 Å². The van der Waals surface area contributed by atoms with Crippen molar-refractivity contribution < 1.29 is 4.74 Å². The molecule has 0 aromatic heterocycles. The number of hydrogen-bond donors (Lipinski definition) is 1. The molecule has 0 saturated heterocycles. The van der Waals surface area contributed by atoms with Crippen molar-refractivity contribution in [1.29, 1.82) is 0 Å². The van der Waals surface area contributed by atoms with Gasteiger partial charge in [-0.1, -0.05) is 44.9 Å². The molecule has 1 aromatic carbocycles. The molecular weight excluding hydrogens is 258 g/mol. The Morgan fingerprint density at radius 2 is 1.81 bits per heavy atom. The predicted octanol–water partition coefficient (Wildman–Crippen LogP) is 4.29. The van der Waals surface area contributed by atoms with Gasteiger partial charge in [0, 0.05) is 23.6 Å². The SMILES string of the molecule is COc1ccccc1C1(CNC(C)C)CC2(CCCC2)C1. The van der Waals surface area contributed by atoms with Crippen LogP contribution in [-0.4, -0.2) is 19.7 Å². The van der Waals surface area contributed by atoms with Crippen molar-refractivity contribution >= 4 is 0 Å². The summed E-state index contributed by atoms with van der Waals surface area (Å²) in [5, 5.41) is 3.69. The Labute approximate surface area is 129 Å². The maximum absolute atomic E-state index is 5.66. The Bertz CT molecular complexity index is 480. The van der Waals surface area contributed by atoms with Crippen molar-refractivity contribution in [2.75, 3.05) is 13.7 Å². The minimum Gasteiger partial charge on any atom is -0.496 e. The van der Waals surface area contributed by atoms with E-state index in [1.165, 1.54) is 44.1 Å². The van der Waals surface area contributed by atoms with Crippen LogP contribution in [0.2, 0.25) is 0 Å². The average Bonchev–Trinajstić information content (AvgIpc) is 2.93. The summed E-state index contributed by atoms with van der Waals surface area (Å²) in [6, 6.07) is 9.18. The minimum atomic E-state index is 0.279. The number of para-hydroxylation sites is 1. The van der Waals surface area contributed by atoms with Crippen LogP contribution in [0.4, 0.5) is 0 Å². The quantitative estimate of drug-likeness (QED) is 0.872. The van der Waals surface area contributed by atoms with E-state index in [0.29, 0.717) is 11.5 Å². The monoisotopic (exact) mass is 287 g/mol. The lowest BCUT2D eigenvalue weighted by molar-refractivity contribution is 0.0243. The highest BCUT2D eigenvalue weighted by Crippen LogP contribution is 2.63. The van der Waals surface area contributed by atoms with Crippen molar-refractivity contribution in [2.45, 2.75) is 63.8 Å². The van der Waals surface area contributed by atoms with Crippen LogP contribution in [0, 0.1) is 5.41 Å². The number of benzene rings is 1. The summed E-state index contributed by atoms with van der Waals surface area (Å²) in [4.78, 5) is 0. The Hall–Kier alpha value is -1.02. The zero-order chi connectivity index (χ0) is 14.9. The molecule has 1 N–H and O–H groups in total. The highest BCUT2D eigenvalue weighted by atomic mass is 16.5. The molecular formula is C19H29NO. The second-order valence-corrected chi connectivity index (χ2v) is 7.58. The zero-order valence-corrected chi connectivity index (χ0v) is 13.7. The topological polar surface area (TPSA) is 21.3 Å². The molecule has 2 heteroatoms. The number of rotatable bonds is 5. The summed E-state index contributed by atoms with van der Waals surface area (Å²) in [6.45, 7) is 5.55. The fraction of sp³-hybridized carbons (Fsp3) is 0.684. The molecule has 0 radical (unpaired) electrons. The predicted molar refractivity (Wildman–Crippen MR) is 87.9 cm³/mol. The van der Waals surface area contributed by atoms with Gasteiger partial charge in [-0.3, -0.25) is 0 Å². The largest absolute Gasteiger partial charge is 0.496 e. The van der Waals surface area contributed by atoms with Crippen LogP contribution in [0.5, 0.6) is 5.75 Å². The number of nitrogens with one attached hydrogen (secondary N) is 1.